The highest BCUT2D eigenvalue weighted by Gasteiger charge is 1.91. The summed E-state index contributed by atoms with van der Waals surface area (Å²) in [4.78, 5) is 3.85. The molecule has 4 nitrogen and oxygen atoms in total. The lowest BCUT2D eigenvalue weighted by atomic mass is 10.5. The van der Waals surface area contributed by atoms with Gasteiger partial charge in [0.15, 0.2) is 0 Å². The predicted molar refractivity (Wildman–Crippen MR) is 33.3 cm³/mol. The Morgan fingerprint density at radius 1 is 1.60 bits per heavy atom. The Morgan fingerprint density at radius 2 is 2.50 bits per heavy atom. The molecule has 0 amide bonds. The summed E-state index contributed by atoms with van der Waals surface area (Å²) in [7, 11) is 0. The Morgan fingerprint density at radius 3 is 3.30 bits per heavy atom. The van der Waals surface area contributed by atoms with E-state index in [1.54, 1.807) is 23.0 Å². The number of hydrogen-bond donors (Lipinski definition) is 1. The van der Waals surface area contributed by atoms with Crippen LogP contribution in [0.4, 0.5) is 0 Å². The molecule has 2 aromatic rings. The van der Waals surface area contributed by atoms with Gasteiger partial charge in [0.25, 0.3) is 5.68 Å². The van der Waals surface area contributed by atoms with Crippen molar-refractivity contribution in [1.82, 2.24) is 9.38 Å². The van der Waals surface area contributed by atoms with Crippen molar-refractivity contribution in [2.24, 2.45) is 0 Å². The largest absolute Gasteiger partial charge is 0.434 e. The molecule has 0 bridgehead atoms. The van der Waals surface area contributed by atoms with E-state index < -0.39 is 0 Å². The van der Waals surface area contributed by atoms with Crippen molar-refractivity contribution in [2.45, 2.75) is 0 Å². The van der Waals surface area contributed by atoms with E-state index in [1.165, 1.54) is 6.26 Å². The minimum atomic E-state index is 0.0926. The van der Waals surface area contributed by atoms with Gasteiger partial charge < -0.3 is 4.42 Å². The zero-order chi connectivity index (χ0) is 6.97. The van der Waals surface area contributed by atoms with Crippen molar-refractivity contribution in [1.29, 1.82) is 5.41 Å². The lowest BCUT2D eigenvalue weighted by molar-refractivity contribution is 0.449. The summed E-state index contributed by atoms with van der Waals surface area (Å²) >= 11 is 0. The summed E-state index contributed by atoms with van der Waals surface area (Å²) in [6.07, 6.45) is 4.69. The molecule has 0 fully saturated rings. The van der Waals surface area contributed by atoms with Gasteiger partial charge >= 0.3 is 0 Å². The molecule has 0 spiro atoms. The van der Waals surface area contributed by atoms with Gasteiger partial charge in [-0.05, 0) is 6.07 Å². The first kappa shape index (κ1) is 5.22. The van der Waals surface area contributed by atoms with E-state index >= 15 is 0 Å². The van der Waals surface area contributed by atoms with Gasteiger partial charge in [0.1, 0.15) is 6.33 Å². The molecule has 0 atom stereocenters. The standard InChI is InChI=1S/C6H5N3O/c7-6-9-4-8-3-5(9)1-2-10-6/h1-4,7H. The summed E-state index contributed by atoms with van der Waals surface area (Å²) in [5, 5.41) is 7.24. The van der Waals surface area contributed by atoms with Gasteiger partial charge in [0, 0.05) is 0 Å². The first-order valence-corrected chi connectivity index (χ1v) is 2.82. The van der Waals surface area contributed by atoms with Gasteiger partial charge in [-0.1, -0.05) is 0 Å². The van der Waals surface area contributed by atoms with Crippen molar-refractivity contribution < 1.29 is 4.42 Å². The van der Waals surface area contributed by atoms with Crippen LogP contribution in [0.25, 0.3) is 5.52 Å². The number of nitrogens with one attached hydrogen (secondary N) is 1. The number of fused-ring (bicyclic) bond motifs is 1. The predicted octanol–water partition coefficient (Wildman–Crippen LogP) is 0.407. The number of hydrogen-bond acceptors (Lipinski definition) is 3. The highest BCUT2D eigenvalue weighted by molar-refractivity contribution is 5.41. The molecule has 0 radical (unpaired) electrons. The highest BCUT2D eigenvalue weighted by atomic mass is 16.3. The molecule has 4 heteroatoms. The van der Waals surface area contributed by atoms with Crippen molar-refractivity contribution in [3.05, 3.63) is 30.5 Å². The quantitative estimate of drug-likeness (QED) is 0.568. The van der Waals surface area contributed by atoms with Crippen LogP contribution in [-0.2, 0) is 0 Å². The fourth-order valence-electron chi connectivity index (χ4n) is 0.823. The SMILES string of the molecule is N=c1occc2cncn12. The summed E-state index contributed by atoms with van der Waals surface area (Å²) in [5.74, 6) is 0. The second-order valence-electron chi connectivity index (χ2n) is 1.91. The molecule has 0 aliphatic rings. The molecule has 2 rings (SSSR count). The van der Waals surface area contributed by atoms with Crippen LogP contribution in [0.5, 0.6) is 0 Å². The molecular formula is C6H5N3O. The minimum absolute atomic E-state index is 0.0926. The maximum atomic E-state index is 7.24. The van der Waals surface area contributed by atoms with E-state index in [9.17, 15) is 0 Å². The smallest absolute Gasteiger partial charge is 0.299 e. The van der Waals surface area contributed by atoms with Crippen LogP contribution >= 0.6 is 0 Å². The second kappa shape index (κ2) is 1.70. The first-order valence-electron chi connectivity index (χ1n) is 2.82. The van der Waals surface area contributed by atoms with E-state index in [0.29, 0.717) is 0 Å². The van der Waals surface area contributed by atoms with Crippen LogP contribution < -0.4 is 5.68 Å². The van der Waals surface area contributed by atoms with E-state index in [1.807, 2.05) is 0 Å². The molecule has 0 aliphatic carbocycles. The Kier molecular flexibility index (Phi) is 0.887. The minimum Gasteiger partial charge on any atom is -0.434 e. The third-order valence-corrected chi connectivity index (χ3v) is 1.30. The molecule has 0 saturated heterocycles. The van der Waals surface area contributed by atoms with Crippen LogP contribution in [-0.4, -0.2) is 9.38 Å². The van der Waals surface area contributed by atoms with Gasteiger partial charge in [-0.25, -0.2) is 4.98 Å². The fraction of sp³-hybridized carbons (Fsp3) is 0. The normalized spacial score (nSPS) is 10.4. The lowest BCUT2D eigenvalue weighted by Gasteiger charge is -1.88. The van der Waals surface area contributed by atoms with E-state index in [2.05, 4.69) is 4.98 Å². The van der Waals surface area contributed by atoms with Gasteiger partial charge in [-0.15, -0.1) is 0 Å². The summed E-state index contributed by atoms with van der Waals surface area (Å²) in [6, 6.07) is 1.76. The number of imidazole rings is 1. The van der Waals surface area contributed by atoms with Gasteiger partial charge in [0.2, 0.25) is 0 Å². The van der Waals surface area contributed by atoms with Crippen molar-refractivity contribution in [2.75, 3.05) is 0 Å². The van der Waals surface area contributed by atoms with Crippen LogP contribution in [0, 0.1) is 5.41 Å². The Bertz CT molecular complexity index is 400. The second-order valence-corrected chi connectivity index (χ2v) is 1.91. The molecule has 2 heterocycles. The zero-order valence-corrected chi connectivity index (χ0v) is 5.11. The zero-order valence-electron chi connectivity index (χ0n) is 5.11. The van der Waals surface area contributed by atoms with Gasteiger partial charge in [0.05, 0.1) is 18.0 Å². The van der Waals surface area contributed by atoms with Crippen LogP contribution in [0.3, 0.4) is 0 Å². The maximum Gasteiger partial charge on any atom is 0.299 e. The average molecular weight is 135 g/mol. The van der Waals surface area contributed by atoms with E-state index in [0.717, 1.165) is 5.52 Å². The van der Waals surface area contributed by atoms with Gasteiger partial charge in [-0.3, -0.25) is 9.81 Å². The number of rotatable bonds is 0. The van der Waals surface area contributed by atoms with Crippen LogP contribution in [0.2, 0.25) is 0 Å². The Balaban J connectivity index is 3.09. The van der Waals surface area contributed by atoms with E-state index in [-0.39, 0.29) is 5.68 Å². The average Bonchev–Trinajstić information content (AvgIpc) is 2.36. The topological polar surface area (TPSA) is 54.3 Å². The first-order chi connectivity index (χ1) is 4.88. The Hall–Kier alpha value is -1.58. The van der Waals surface area contributed by atoms with Crippen molar-refractivity contribution >= 4 is 5.52 Å². The molecule has 2 aromatic heterocycles. The van der Waals surface area contributed by atoms with Gasteiger partial charge in [-0.2, -0.15) is 0 Å². The summed E-state index contributed by atoms with van der Waals surface area (Å²) < 4.78 is 6.34. The van der Waals surface area contributed by atoms with Crippen LogP contribution in [0.1, 0.15) is 0 Å². The van der Waals surface area contributed by atoms with E-state index in [4.69, 9.17) is 9.83 Å². The summed E-state index contributed by atoms with van der Waals surface area (Å²) in [6.45, 7) is 0. The third kappa shape index (κ3) is 0.556. The summed E-state index contributed by atoms with van der Waals surface area (Å²) in [5.41, 5.74) is 0.964. The fourth-order valence-corrected chi connectivity index (χ4v) is 0.823. The molecule has 0 unspecified atom stereocenters. The van der Waals surface area contributed by atoms with Crippen molar-refractivity contribution in [3.8, 4) is 0 Å². The maximum absolute atomic E-state index is 7.24. The molecular weight excluding hydrogens is 130 g/mol. The highest BCUT2D eigenvalue weighted by Crippen LogP contribution is 1.94. The monoisotopic (exact) mass is 135 g/mol. The molecule has 0 saturated carbocycles. The molecule has 50 valence electrons. The van der Waals surface area contributed by atoms with Crippen LogP contribution in [0.15, 0.2) is 29.3 Å². The molecule has 10 heavy (non-hydrogen) atoms. The number of aromatic nitrogens is 2. The Labute approximate surface area is 56.3 Å². The number of nitrogens with zero attached hydrogens (tertiary/aromatic N) is 2. The van der Waals surface area contributed by atoms with Crippen molar-refractivity contribution in [3.63, 3.8) is 0 Å². The molecule has 0 aliphatic heterocycles. The molecule has 1 N–H and O–H groups in total. The third-order valence-electron chi connectivity index (χ3n) is 1.30. The lowest BCUT2D eigenvalue weighted by Crippen LogP contribution is -2.08. The molecule has 0 aromatic carbocycles.